The fourth-order valence-corrected chi connectivity index (χ4v) is 1.64. The van der Waals surface area contributed by atoms with Gasteiger partial charge in [-0.05, 0) is 31.0 Å². The van der Waals surface area contributed by atoms with E-state index in [0.29, 0.717) is 12.1 Å². The number of nitrogens with zero attached hydrogens (tertiary/aromatic N) is 1. The predicted octanol–water partition coefficient (Wildman–Crippen LogP) is 1.83. The molecule has 4 nitrogen and oxygen atoms in total. The minimum absolute atomic E-state index is 0.0617. The van der Waals surface area contributed by atoms with Crippen LogP contribution in [0.5, 0.6) is 0 Å². The fraction of sp³-hybridized carbons (Fsp3) is 0.385. The highest BCUT2D eigenvalue weighted by Crippen LogP contribution is 2.11. The first-order valence-electron chi connectivity index (χ1n) is 5.87. The van der Waals surface area contributed by atoms with Crippen LogP contribution in [-0.2, 0) is 16.0 Å². The van der Waals surface area contributed by atoms with Crippen LogP contribution in [0.4, 0.5) is 8.78 Å². The van der Waals surface area contributed by atoms with Gasteiger partial charge in [0.25, 0.3) is 0 Å². The molecular weight excluding hydrogens is 256 g/mol. The van der Waals surface area contributed by atoms with Gasteiger partial charge in [-0.25, -0.2) is 8.78 Å². The lowest BCUT2D eigenvalue weighted by molar-refractivity contribution is -0.144. The molecule has 0 aliphatic carbocycles. The molecule has 0 spiro atoms. The van der Waals surface area contributed by atoms with Gasteiger partial charge in [0.05, 0.1) is 0 Å². The molecule has 0 aliphatic rings. The van der Waals surface area contributed by atoms with Crippen molar-refractivity contribution in [2.24, 2.45) is 0 Å². The van der Waals surface area contributed by atoms with E-state index in [1.807, 2.05) is 0 Å². The molecule has 104 valence electrons. The molecule has 1 aromatic carbocycles. The molecule has 0 bridgehead atoms. The summed E-state index contributed by atoms with van der Waals surface area (Å²) in [4.78, 5) is 23.5. The lowest BCUT2D eigenvalue weighted by Crippen LogP contribution is -2.35. The van der Waals surface area contributed by atoms with Crippen LogP contribution in [0.2, 0.25) is 0 Å². The molecule has 0 aliphatic heterocycles. The number of aliphatic carboxylic acids is 1. The molecule has 0 atom stereocenters. The van der Waals surface area contributed by atoms with Crippen molar-refractivity contribution in [2.75, 3.05) is 13.1 Å². The largest absolute Gasteiger partial charge is 0.480 e. The number of benzene rings is 1. The second-order valence-electron chi connectivity index (χ2n) is 4.05. The highest BCUT2D eigenvalue weighted by Gasteiger charge is 2.14. The van der Waals surface area contributed by atoms with E-state index in [-0.39, 0.29) is 25.3 Å². The fourth-order valence-electron chi connectivity index (χ4n) is 1.64. The molecule has 6 heteroatoms. The molecule has 0 fully saturated rings. The van der Waals surface area contributed by atoms with Crippen molar-refractivity contribution in [3.05, 3.63) is 35.4 Å². The Bertz CT molecular complexity index is 477. The van der Waals surface area contributed by atoms with Gasteiger partial charge in [0.2, 0.25) is 5.91 Å². The average Bonchev–Trinajstić information content (AvgIpc) is 2.36. The Kier molecular flexibility index (Phi) is 5.41. The van der Waals surface area contributed by atoms with Crippen LogP contribution in [0.25, 0.3) is 0 Å². The van der Waals surface area contributed by atoms with Crippen molar-refractivity contribution in [2.45, 2.75) is 19.8 Å². The number of halogens is 2. The van der Waals surface area contributed by atoms with E-state index in [0.717, 1.165) is 12.1 Å². The van der Waals surface area contributed by atoms with E-state index in [2.05, 4.69) is 0 Å². The third kappa shape index (κ3) is 4.65. The zero-order valence-corrected chi connectivity index (χ0v) is 10.5. The zero-order chi connectivity index (χ0) is 14.4. The Morgan fingerprint density at radius 3 is 2.47 bits per heavy atom. The summed E-state index contributed by atoms with van der Waals surface area (Å²) in [6.07, 6.45) is 0.304. The average molecular weight is 271 g/mol. The summed E-state index contributed by atoms with van der Waals surface area (Å²) in [7, 11) is 0. The first-order valence-corrected chi connectivity index (χ1v) is 5.87. The number of carbonyl (C=O) groups excluding carboxylic acids is 1. The van der Waals surface area contributed by atoms with E-state index in [4.69, 9.17) is 5.11 Å². The number of carboxylic acids is 1. The van der Waals surface area contributed by atoms with Gasteiger partial charge in [0, 0.05) is 13.0 Å². The second kappa shape index (κ2) is 6.82. The molecule has 19 heavy (non-hydrogen) atoms. The van der Waals surface area contributed by atoms with Crippen molar-refractivity contribution in [1.82, 2.24) is 4.90 Å². The molecule has 0 heterocycles. The Balaban J connectivity index is 2.57. The Labute approximate surface area is 109 Å². The van der Waals surface area contributed by atoms with Gasteiger partial charge < -0.3 is 10.0 Å². The Morgan fingerprint density at radius 2 is 1.95 bits per heavy atom. The Morgan fingerprint density at radius 1 is 1.26 bits per heavy atom. The molecule has 0 unspecified atom stereocenters. The van der Waals surface area contributed by atoms with Crippen molar-refractivity contribution in [3.8, 4) is 0 Å². The van der Waals surface area contributed by atoms with E-state index in [9.17, 15) is 18.4 Å². The summed E-state index contributed by atoms with van der Waals surface area (Å²) in [6, 6.07) is 3.44. The second-order valence-corrected chi connectivity index (χ2v) is 4.05. The number of hydrogen-bond donors (Lipinski definition) is 1. The summed E-state index contributed by atoms with van der Waals surface area (Å²) in [5.41, 5.74) is 0.499. The molecule has 1 aromatic rings. The molecule has 1 rings (SSSR count). The molecule has 1 N–H and O–H groups in total. The first-order chi connectivity index (χ1) is 8.93. The van der Waals surface area contributed by atoms with Gasteiger partial charge in [0.15, 0.2) is 11.6 Å². The summed E-state index contributed by atoms with van der Waals surface area (Å²) < 4.78 is 25.7. The van der Waals surface area contributed by atoms with Gasteiger partial charge in [-0.1, -0.05) is 6.07 Å². The van der Waals surface area contributed by atoms with Gasteiger partial charge >= 0.3 is 5.97 Å². The normalized spacial score (nSPS) is 10.3. The maximum absolute atomic E-state index is 13.0. The van der Waals surface area contributed by atoms with Crippen molar-refractivity contribution in [3.63, 3.8) is 0 Å². The highest BCUT2D eigenvalue weighted by molar-refractivity contribution is 5.81. The lowest BCUT2D eigenvalue weighted by atomic mass is 10.1. The van der Waals surface area contributed by atoms with Gasteiger partial charge in [-0.3, -0.25) is 9.59 Å². The number of amides is 1. The van der Waals surface area contributed by atoms with Crippen LogP contribution >= 0.6 is 0 Å². The first kappa shape index (κ1) is 15.1. The quantitative estimate of drug-likeness (QED) is 0.858. The number of likely N-dealkylation sites (N-methyl/N-ethyl adjacent to an activating group) is 1. The van der Waals surface area contributed by atoms with Gasteiger partial charge in [0.1, 0.15) is 6.54 Å². The van der Waals surface area contributed by atoms with Crippen molar-refractivity contribution >= 4 is 11.9 Å². The predicted molar refractivity (Wildman–Crippen MR) is 64.6 cm³/mol. The highest BCUT2D eigenvalue weighted by atomic mass is 19.2. The third-order valence-corrected chi connectivity index (χ3v) is 2.67. The van der Waals surface area contributed by atoms with Crippen LogP contribution in [0.1, 0.15) is 18.9 Å². The van der Waals surface area contributed by atoms with Crippen LogP contribution < -0.4 is 0 Å². The number of hydrogen-bond acceptors (Lipinski definition) is 2. The third-order valence-electron chi connectivity index (χ3n) is 2.67. The maximum atomic E-state index is 13.0. The Hall–Kier alpha value is -1.98. The van der Waals surface area contributed by atoms with E-state index >= 15 is 0 Å². The molecule has 0 radical (unpaired) electrons. The van der Waals surface area contributed by atoms with Crippen molar-refractivity contribution in [1.29, 1.82) is 0 Å². The maximum Gasteiger partial charge on any atom is 0.323 e. The molecule has 0 aromatic heterocycles. The SMILES string of the molecule is CCN(CC(=O)O)C(=O)CCc1ccc(F)c(F)c1. The summed E-state index contributed by atoms with van der Waals surface area (Å²) in [6.45, 7) is 1.62. The molecular formula is C13H15F2NO3. The van der Waals surface area contributed by atoms with Crippen LogP contribution in [0.15, 0.2) is 18.2 Å². The van der Waals surface area contributed by atoms with Gasteiger partial charge in [-0.15, -0.1) is 0 Å². The standard InChI is InChI=1S/C13H15F2NO3/c1-2-16(8-13(18)19)12(17)6-4-9-3-5-10(14)11(15)7-9/h3,5,7H,2,4,6,8H2,1H3,(H,18,19). The zero-order valence-electron chi connectivity index (χ0n) is 10.5. The number of aryl methyl sites for hydroxylation is 1. The molecule has 1 amide bonds. The monoisotopic (exact) mass is 271 g/mol. The van der Waals surface area contributed by atoms with E-state index < -0.39 is 17.6 Å². The van der Waals surface area contributed by atoms with Crippen LogP contribution in [0, 0.1) is 11.6 Å². The topological polar surface area (TPSA) is 57.6 Å². The minimum atomic E-state index is -1.08. The summed E-state index contributed by atoms with van der Waals surface area (Å²) in [5, 5.41) is 8.63. The number of carboxylic acid groups (broad SMARTS) is 1. The van der Waals surface area contributed by atoms with E-state index in [1.54, 1.807) is 6.92 Å². The van der Waals surface area contributed by atoms with Gasteiger partial charge in [-0.2, -0.15) is 0 Å². The molecule has 0 saturated heterocycles. The molecule has 0 saturated carbocycles. The van der Waals surface area contributed by atoms with E-state index in [1.165, 1.54) is 11.0 Å². The number of carbonyl (C=O) groups is 2. The summed E-state index contributed by atoms with van der Waals surface area (Å²) >= 11 is 0. The van der Waals surface area contributed by atoms with Crippen molar-refractivity contribution < 1.29 is 23.5 Å². The number of rotatable bonds is 6. The lowest BCUT2D eigenvalue weighted by Gasteiger charge is -2.18. The van der Waals surface area contributed by atoms with Crippen LogP contribution in [0.3, 0.4) is 0 Å². The van der Waals surface area contributed by atoms with Crippen LogP contribution in [-0.4, -0.2) is 35.0 Å². The smallest absolute Gasteiger partial charge is 0.323 e. The summed E-state index contributed by atoms with van der Waals surface area (Å²) in [5.74, 6) is -3.29. The minimum Gasteiger partial charge on any atom is -0.480 e.